The lowest BCUT2D eigenvalue weighted by molar-refractivity contribution is 0.0997. The van der Waals surface area contributed by atoms with Crippen LogP contribution >= 0.6 is 23.5 Å². The number of amides is 1. The van der Waals surface area contributed by atoms with Crippen LogP contribution in [0.1, 0.15) is 27.1 Å². The summed E-state index contributed by atoms with van der Waals surface area (Å²) in [5.41, 5.74) is 2.09. The Hall–Kier alpha value is -2.18. The van der Waals surface area contributed by atoms with Crippen molar-refractivity contribution in [2.45, 2.75) is 11.0 Å². The van der Waals surface area contributed by atoms with E-state index in [-0.39, 0.29) is 11.2 Å². The highest BCUT2D eigenvalue weighted by molar-refractivity contribution is 8.16. The zero-order chi connectivity index (χ0) is 17.9. The third kappa shape index (κ3) is 3.66. The summed E-state index contributed by atoms with van der Waals surface area (Å²) in [7, 11) is 0. The molecule has 2 heterocycles. The van der Waals surface area contributed by atoms with E-state index in [1.165, 1.54) is 18.1 Å². The van der Waals surface area contributed by atoms with Gasteiger partial charge in [-0.15, -0.1) is 23.5 Å². The van der Waals surface area contributed by atoms with Crippen LogP contribution in [0.4, 0.5) is 5.69 Å². The predicted octanol–water partition coefficient (Wildman–Crippen LogP) is 4.91. The Morgan fingerprint density at radius 3 is 2.69 bits per heavy atom. The van der Waals surface area contributed by atoms with Crippen LogP contribution in [0.5, 0.6) is 0 Å². The smallest absolute Gasteiger partial charge is 0.291 e. The van der Waals surface area contributed by atoms with Crippen LogP contribution in [0.25, 0.3) is 11.0 Å². The summed E-state index contributed by atoms with van der Waals surface area (Å²) < 4.78 is 6.00. The van der Waals surface area contributed by atoms with Crippen molar-refractivity contribution in [3.8, 4) is 0 Å². The standard InChI is InChI=1S/C20H17NO3S2/c22-16-12-18(24-17-8-2-1-7-15(16)17)19(23)21-14-6-3-5-13(11-14)20-25-9-4-10-26-20/h1-3,5-8,11-12,20H,4,9-10H2,(H,21,23). The SMILES string of the molecule is O=C(Nc1cccc(C2SCCCS2)c1)c1cc(=O)c2ccccc2o1. The van der Waals surface area contributed by atoms with E-state index in [9.17, 15) is 9.59 Å². The molecule has 26 heavy (non-hydrogen) atoms. The number of anilines is 1. The molecule has 0 radical (unpaired) electrons. The molecule has 1 amide bonds. The second-order valence-electron chi connectivity index (χ2n) is 5.98. The van der Waals surface area contributed by atoms with Crippen molar-refractivity contribution < 1.29 is 9.21 Å². The number of hydrogen-bond acceptors (Lipinski definition) is 5. The van der Waals surface area contributed by atoms with Crippen molar-refractivity contribution in [3.05, 3.63) is 76.1 Å². The summed E-state index contributed by atoms with van der Waals surface area (Å²) in [6.45, 7) is 0. The van der Waals surface area contributed by atoms with E-state index in [4.69, 9.17) is 4.42 Å². The highest BCUT2D eigenvalue weighted by Crippen LogP contribution is 2.44. The Labute approximate surface area is 159 Å². The summed E-state index contributed by atoms with van der Waals surface area (Å²) in [5, 5.41) is 3.31. The molecule has 0 spiro atoms. The van der Waals surface area contributed by atoms with Crippen molar-refractivity contribution in [1.82, 2.24) is 0 Å². The Kier molecular flexibility index (Phi) is 5.04. The van der Waals surface area contributed by atoms with Crippen LogP contribution in [-0.2, 0) is 0 Å². The third-order valence-electron chi connectivity index (χ3n) is 4.10. The minimum atomic E-state index is -0.422. The van der Waals surface area contributed by atoms with Gasteiger partial charge < -0.3 is 9.73 Å². The van der Waals surface area contributed by atoms with Gasteiger partial charge in [0.2, 0.25) is 0 Å². The maximum atomic E-state index is 12.5. The summed E-state index contributed by atoms with van der Waals surface area (Å²) in [5.74, 6) is 1.92. The molecule has 0 atom stereocenters. The summed E-state index contributed by atoms with van der Waals surface area (Å²) in [4.78, 5) is 24.7. The van der Waals surface area contributed by atoms with Crippen molar-refractivity contribution in [2.75, 3.05) is 16.8 Å². The molecule has 0 saturated carbocycles. The first kappa shape index (κ1) is 17.2. The van der Waals surface area contributed by atoms with E-state index < -0.39 is 5.91 Å². The lowest BCUT2D eigenvalue weighted by atomic mass is 10.2. The summed E-state index contributed by atoms with van der Waals surface area (Å²) >= 11 is 3.87. The summed E-state index contributed by atoms with van der Waals surface area (Å²) in [6.07, 6.45) is 1.24. The molecule has 1 N–H and O–H groups in total. The van der Waals surface area contributed by atoms with Gasteiger partial charge in [0.25, 0.3) is 5.91 Å². The average molecular weight is 383 g/mol. The summed E-state index contributed by atoms with van der Waals surface area (Å²) in [6, 6.07) is 16.0. The zero-order valence-corrected chi connectivity index (χ0v) is 15.6. The van der Waals surface area contributed by atoms with Gasteiger partial charge in [0.05, 0.1) is 9.97 Å². The van der Waals surface area contributed by atoms with E-state index in [0.29, 0.717) is 21.2 Å². The molecular formula is C20H17NO3S2. The van der Waals surface area contributed by atoms with E-state index in [1.54, 1.807) is 24.3 Å². The molecule has 1 aliphatic heterocycles. The fourth-order valence-electron chi connectivity index (χ4n) is 2.85. The molecule has 0 unspecified atom stereocenters. The number of fused-ring (bicyclic) bond motifs is 1. The van der Waals surface area contributed by atoms with Crippen LogP contribution in [0.2, 0.25) is 0 Å². The number of nitrogens with one attached hydrogen (secondary N) is 1. The van der Waals surface area contributed by atoms with E-state index in [0.717, 1.165) is 11.5 Å². The van der Waals surface area contributed by atoms with Crippen LogP contribution in [0, 0.1) is 0 Å². The largest absolute Gasteiger partial charge is 0.451 e. The molecular weight excluding hydrogens is 366 g/mol. The second-order valence-corrected chi connectivity index (χ2v) is 8.70. The molecule has 0 aliphatic carbocycles. The number of thioether (sulfide) groups is 2. The maximum absolute atomic E-state index is 12.5. The maximum Gasteiger partial charge on any atom is 0.291 e. The molecule has 1 aliphatic rings. The van der Waals surface area contributed by atoms with Crippen LogP contribution < -0.4 is 10.7 Å². The molecule has 1 fully saturated rings. The second kappa shape index (κ2) is 7.60. The first-order valence-corrected chi connectivity index (χ1v) is 10.5. The highest BCUT2D eigenvalue weighted by Gasteiger charge is 2.18. The minimum absolute atomic E-state index is 0.0144. The third-order valence-corrected chi connectivity index (χ3v) is 7.12. The Balaban J connectivity index is 1.57. The van der Waals surface area contributed by atoms with Gasteiger partial charge in [-0.25, -0.2) is 0 Å². The Bertz CT molecular complexity index is 1010. The molecule has 3 aromatic rings. The number of para-hydroxylation sites is 1. The fourth-order valence-corrected chi connectivity index (χ4v) is 5.73. The topological polar surface area (TPSA) is 59.3 Å². The van der Waals surface area contributed by atoms with Gasteiger partial charge in [-0.1, -0.05) is 24.3 Å². The van der Waals surface area contributed by atoms with Crippen LogP contribution in [0.15, 0.2) is 63.8 Å². The molecule has 0 bridgehead atoms. The quantitative estimate of drug-likeness (QED) is 0.696. The van der Waals surface area contributed by atoms with Crippen LogP contribution in [0.3, 0.4) is 0 Å². The van der Waals surface area contributed by atoms with Crippen molar-refractivity contribution in [2.24, 2.45) is 0 Å². The van der Waals surface area contributed by atoms with E-state index in [2.05, 4.69) is 11.4 Å². The highest BCUT2D eigenvalue weighted by atomic mass is 32.2. The molecule has 2 aromatic carbocycles. The zero-order valence-electron chi connectivity index (χ0n) is 13.9. The van der Waals surface area contributed by atoms with Crippen molar-refractivity contribution in [3.63, 3.8) is 0 Å². The van der Waals surface area contributed by atoms with Gasteiger partial charge in [0.1, 0.15) is 5.58 Å². The van der Waals surface area contributed by atoms with E-state index in [1.807, 2.05) is 41.7 Å². The molecule has 1 aromatic heterocycles. The lowest BCUT2D eigenvalue weighted by Gasteiger charge is -2.21. The average Bonchev–Trinajstić information content (AvgIpc) is 2.69. The lowest BCUT2D eigenvalue weighted by Crippen LogP contribution is -2.15. The molecule has 132 valence electrons. The fraction of sp³-hybridized carbons (Fsp3) is 0.200. The monoisotopic (exact) mass is 383 g/mol. The molecule has 4 rings (SSSR count). The first-order chi connectivity index (χ1) is 12.7. The van der Waals surface area contributed by atoms with Gasteiger partial charge in [0.15, 0.2) is 11.2 Å². The van der Waals surface area contributed by atoms with Gasteiger partial charge in [-0.3, -0.25) is 9.59 Å². The Morgan fingerprint density at radius 1 is 1.04 bits per heavy atom. The number of rotatable bonds is 3. The normalized spacial score (nSPS) is 15.1. The van der Waals surface area contributed by atoms with Gasteiger partial charge in [-0.05, 0) is 47.8 Å². The number of benzene rings is 2. The molecule has 6 heteroatoms. The van der Waals surface area contributed by atoms with E-state index >= 15 is 0 Å². The Morgan fingerprint density at radius 2 is 1.85 bits per heavy atom. The number of hydrogen-bond donors (Lipinski definition) is 1. The molecule has 4 nitrogen and oxygen atoms in total. The minimum Gasteiger partial charge on any atom is -0.451 e. The van der Waals surface area contributed by atoms with Gasteiger partial charge in [0, 0.05) is 11.8 Å². The van der Waals surface area contributed by atoms with Crippen molar-refractivity contribution >= 4 is 46.1 Å². The van der Waals surface area contributed by atoms with Gasteiger partial charge in [-0.2, -0.15) is 0 Å². The van der Waals surface area contributed by atoms with Crippen molar-refractivity contribution in [1.29, 1.82) is 0 Å². The van der Waals surface area contributed by atoms with Crippen LogP contribution in [-0.4, -0.2) is 17.4 Å². The number of carbonyl (C=O) groups is 1. The molecule has 1 saturated heterocycles. The first-order valence-electron chi connectivity index (χ1n) is 8.38. The van der Waals surface area contributed by atoms with Gasteiger partial charge >= 0.3 is 0 Å². The number of carbonyl (C=O) groups excluding carboxylic acids is 1. The predicted molar refractivity (Wildman–Crippen MR) is 109 cm³/mol.